The Balaban J connectivity index is 0.00000225. The quantitative estimate of drug-likeness (QED) is 0.811. The Labute approximate surface area is 153 Å². The number of rotatable bonds is 4. The molecule has 5 nitrogen and oxygen atoms in total. The van der Waals surface area contributed by atoms with Gasteiger partial charge in [0.25, 0.3) is 5.91 Å². The zero-order valence-electron chi connectivity index (χ0n) is 14.2. The van der Waals surface area contributed by atoms with Crippen molar-refractivity contribution in [2.45, 2.75) is 25.9 Å². The summed E-state index contributed by atoms with van der Waals surface area (Å²) >= 11 is 0. The maximum Gasteiger partial charge on any atom is 0.257 e. The van der Waals surface area contributed by atoms with E-state index in [1.54, 1.807) is 24.3 Å². The third kappa shape index (κ3) is 4.87. The summed E-state index contributed by atoms with van der Waals surface area (Å²) in [6.45, 7) is 3.47. The zero-order chi connectivity index (χ0) is 16.9. The Morgan fingerprint density at radius 3 is 2.60 bits per heavy atom. The number of nitrogens with two attached hydrogens (primary N) is 1. The Morgan fingerprint density at radius 2 is 1.92 bits per heavy atom. The molecule has 3 rings (SSSR count). The van der Waals surface area contributed by atoms with Crippen LogP contribution < -0.4 is 15.8 Å². The number of carbonyl (C=O) groups is 1. The highest BCUT2D eigenvalue weighted by molar-refractivity contribution is 6.07. The van der Waals surface area contributed by atoms with Crippen LogP contribution >= 0.6 is 12.4 Å². The van der Waals surface area contributed by atoms with Crippen molar-refractivity contribution in [3.05, 3.63) is 53.6 Å². The third-order valence-corrected chi connectivity index (χ3v) is 4.10. The van der Waals surface area contributed by atoms with Gasteiger partial charge in [0, 0.05) is 24.2 Å². The van der Waals surface area contributed by atoms with Gasteiger partial charge in [-0.15, -0.1) is 12.4 Å². The lowest BCUT2D eigenvalue weighted by atomic mass is 10.1. The fraction of sp³-hybridized carbons (Fsp3) is 0.316. The van der Waals surface area contributed by atoms with E-state index in [4.69, 9.17) is 15.2 Å². The third-order valence-electron chi connectivity index (χ3n) is 4.10. The van der Waals surface area contributed by atoms with Crippen molar-refractivity contribution in [1.29, 1.82) is 0 Å². The average Bonchev–Trinajstić information content (AvgIpc) is 2.58. The minimum Gasteiger partial charge on any atom is -0.490 e. The van der Waals surface area contributed by atoms with E-state index in [1.165, 1.54) is 0 Å². The van der Waals surface area contributed by atoms with E-state index < -0.39 is 0 Å². The Bertz CT molecular complexity index is 730. The van der Waals surface area contributed by atoms with Crippen molar-refractivity contribution in [3.8, 4) is 5.75 Å². The molecule has 2 aromatic rings. The summed E-state index contributed by atoms with van der Waals surface area (Å²) in [6, 6.07) is 12.7. The van der Waals surface area contributed by atoms with E-state index in [9.17, 15) is 4.79 Å². The van der Waals surface area contributed by atoms with Gasteiger partial charge in [-0.05, 0) is 42.8 Å². The molecule has 1 aliphatic heterocycles. The molecule has 1 fully saturated rings. The normalized spacial score (nSPS) is 14.4. The van der Waals surface area contributed by atoms with Gasteiger partial charge in [-0.2, -0.15) is 0 Å². The molecular weight excluding hydrogens is 340 g/mol. The number of aryl methyl sites for hydroxylation is 1. The number of hydrogen-bond acceptors (Lipinski definition) is 4. The molecule has 2 aromatic carbocycles. The van der Waals surface area contributed by atoms with Crippen LogP contribution in [0.5, 0.6) is 5.75 Å². The van der Waals surface area contributed by atoms with Crippen LogP contribution in [0.4, 0.5) is 11.4 Å². The van der Waals surface area contributed by atoms with Gasteiger partial charge in [0.05, 0.1) is 18.8 Å². The van der Waals surface area contributed by atoms with Crippen molar-refractivity contribution in [3.63, 3.8) is 0 Å². The van der Waals surface area contributed by atoms with Gasteiger partial charge in [-0.1, -0.05) is 12.1 Å². The molecular formula is C19H23ClN2O3. The molecule has 0 bridgehead atoms. The second-order valence-corrected chi connectivity index (χ2v) is 5.95. The molecule has 0 radical (unpaired) electrons. The van der Waals surface area contributed by atoms with Crippen molar-refractivity contribution >= 4 is 29.7 Å². The number of amides is 1. The highest BCUT2D eigenvalue weighted by atomic mass is 35.5. The Kier molecular flexibility index (Phi) is 6.67. The first-order chi connectivity index (χ1) is 11.6. The van der Waals surface area contributed by atoms with E-state index >= 15 is 0 Å². The lowest BCUT2D eigenvalue weighted by molar-refractivity contribution is 0.0253. The van der Waals surface area contributed by atoms with Crippen LogP contribution in [0.1, 0.15) is 28.8 Å². The first-order valence-electron chi connectivity index (χ1n) is 8.14. The van der Waals surface area contributed by atoms with E-state index in [0.717, 1.165) is 43.1 Å². The number of anilines is 2. The van der Waals surface area contributed by atoms with Gasteiger partial charge >= 0.3 is 0 Å². The molecule has 25 heavy (non-hydrogen) atoms. The number of nitrogen functional groups attached to an aromatic ring is 1. The van der Waals surface area contributed by atoms with Gasteiger partial charge in [0.2, 0.25) is 0 Å². The predicted molar refractivity (Wildman–Crippen MR) is 102 cm³/mol. The van der Waals surface area contributed by atoms with Crippen molar-refractivity contribution in [2.75, 3.05) is 24.3 Å². The molecule has 0 atom stereocenters. The molecule has 0 aromatic heterocycles. The highest BCUT2D eigenvalue weighted by Crippen LogP contribution is 2.25. The molecule has 134 valence electrons. The topological polar surface area (TPSA) is 73.6 Å². The number of ether oxygens (including phenoxy) is 2. The molecule has 1 aliphatic rings. The average molecular weight is 363 g/mol. The largest absolute Gasteiger partial charge is 0.490 e. The van der Waals surface area contributed by atoms with E-state index in [-0.39, 0.29) is 24.4 Å². The summed E-state index contributed by atoms with van der Waals surface area (Å²) in [7, 11) is 0. The standard InChI is InChI=1S/C19H22N2O3.ClH/c1-13-12-14(21-19(22)16-4-2-3-5-17(16)20)6-7-18(13)24-15-8-10-23-11-9-15;/h2-7,12,15H,8-11,20H2,1H3,(H,21,22);1H. The zero-order valence-corrected chi connectivity index (χ0v) is 15.0. The molecule has 0 spiro atoms. The summed E-state index contributed by atoms with van der Waals surface area (Å²) < 4.78 is 11.4. The first kappa shape index (κ1) is 19.1. The van der Waals surface area contributed by atoms with Crippen molar-refractivity contribution in [2.24, 2.45) is 0 Å². The number of hydrogen-bond donors (Lipinski definition) is 2. The fourth-order valence-electron chi connectivity index (χ4n) is 2.73. The lowest BCUT2D eigenvalue weighted by Gasteiger charge is -2.24. The van der Waals surface area contributed by atoms with Crippen molar-refractivity contribution in [1.82, 2.24) is 0 Å². The van der Waals surface area contributed by atoms with Gasteiger partial charge in [0.1, 0.15) is 11.9 Å². The van der Waals surface area contributed by atoms with Gasteiger partial charge in [-0.3, -0.25) is 4.79 Å². The second-order valence-electron chi connectivity index (χ2n) is 5.95. The molecule has 0 unspecified atom stereocenters. The summed E-state index contributed by atoms with van der Waals surface area (Å²) in [5.74, 6) is 0.629. The van der Waals surface area contributed by atoms with Gasteiger partial charge in [0.15, 0.2) is 0 Å². The number of halogens is 1. The number of carbonyl (C=O) groups excluding carboxylic acids is 1. The van der Waals surface area contributed by atoms with E-state index in [0.29, 0.717) is 11.3 Å². The first-order valence-corrected chi connectivity index (χ1v) is 8.14. The molecule has 0 saturated carbocycles. The summed E-state index contributed by atoms with van der Waals surface area (Å²) in [4.78, 5) is 12.3. The maximum absolute atomic E-state index is 12.3. The van der Waals surface area contributed by atoms with Crippen LogP contribution in [-0.4, -0.2) is 25.2 Å². The van der Waals surface area contributed by atoms with Crippen LogP contribution in [0, 0.1) is 6.92 Å². The monoisotopic (exact) mass is 362 g/mol. The Morgan fingerprint density at radius 1 is 1.20 bits per heavy atom. The number of para-hydroxylation sites is 1. The molecule has 6 heteroatoms. The van der Waals surface area contributed by atoms with Crippen molar-refractivity contribution < 1.29 is 14.3 Å². The predicted octanol–water partition coefficient (Wildman–Crippen LogP) is 3.81. The molecule has 1 amide bonds. The number of nitrogens with one attached hydrogen (secondary N) is 1. The second kappa shape index (κ2) is 8.74. The van der Waals surface area contributed by atoms with Crippen LogP contribution in [0.25, 0.3) is 0 Å². The molecule has 0 aliphatic carbocycles. The van der Waals surface area contributed by atoms with E-state index in [2.05, 4.69) is 5.32 Å². The highest BCUT2D eigenvalue weighted by Gasteiger charge is 2.16. The van der Waals surface area contributed by atoms with Gasteiger partial charge in [-0.25, -0.2) is 0 Å². The molecule has 1 heterocycles. The molecule has 1 saturated heterocycles. The number of benzene rings is 2. The summed E-state index contributed by atoms with van der Waals surface area (Å²) in [5.41, 5.74) is 8.49. The smallest absolute Gasteiger partial charge is 0.257 e. The Hall–Kier alpha value is -2.24. The minimum atomic E-state index is -0.217. The van der Waals surface area contributed by atoms with Gasteiger partial charge < -0.3 is 20.5 Å². The van der Waals surface area contributed by atoms with Crippen LogP contribution in [0.15, 0.2) is 42.5 Å². The maximum atomic E-state index is 12.3. The van der Waals surface area contributed by atoms with E-state index in [1.807, 2.05) is 25.1 Å². The summed E-state index contributed by atoms with van der Waals surface area (Å²) in [5, 5.41) is 2.88. The summed E-state index contributed by atoms with van der Waals surface area (Å²) in [6.07, 6.45) is 2.01. The lowest BCUT2D eigenvalue weighted by Crippen LogP contribution is -2.26. The van der Waals surface area contributed by atoms with Crippen LogP contribution in [0.2, 0.25) is 0 Å². The minimum absolute atomic E-state index is 0. The molecule has 3 N–H and O–H groups in total. The SMILES string of the molecule is Cc1cc(NC(=O)c2ccccc2N)ccc1OC1CCOCC1.Cl. The van der Waals surface area contributed by atoms with Crippen LogP contribution in [-0.2, 0) is 4.74 Å². The van der Waals surface area contributed by atoms with Crippen LogP contribution in [0.3, 0.4) is 0 Å². The fourth-order valence-corrected chi connectivity index (χ4v) is 2.73.